The lowest BCUT2D eigenvalue weighted by Gasteiger charge is -2.41. The molecule has 0 aromatic carbocycles. The van der Waals surface area contributed by atoms with Gasteiger partial charge in [0.25, 0.3) is 0 Å². The highest BCUT2D eigenvalue weighted by Crippen LogP contribution is 2.50. The summed E-state index contributed by atoms with van der Waals surface area (Å²) >= 11 is 0. The number of hydrogen-bond acceptors (Lipinski definition) is 0. The molecule has 3 rings (SSSR count). The van der Waals surface area contributed by atoms with Crippen LogP contribution in [0.5, 0.6) is 0 Å². The number of hydrogen-bond donors (Lipinski definition) is 0. The standard InChI is InChI=1S/C13H22/c1-2-5-11-9-13-7-3-6-12(13)8-10(11)4-1/h10-13H,1-9H2. The number of rotatable bonds is 0. The summed E-state index contributed by atoms with van der Waals surface area (Å²) in [5, 5.41) is 0. The zero-order valence-electron chi connectivity index (χ0n) is 8.67. The van der Waals surface area contributed by atoms with Crippen molar-refractivity contribution >= 4 is 0 Å². The Kier molecular flexibility index (Phi) is 2.11. The highest BCUT2D eigenvalue weighted by atomic mass is 14.4. The minimum atomic E-state index is 1.16. The minimum absolute atomic E-state index is 1.16. The van der Waals surface area contributed by atoms with E-state index in [0.29, 0.717) is 0 Å². The van der Waals surface area contributed by atoms with Crippen molar-refractivity contribution in [3.63, 3.8) is 0 Å². The van der Waals surface area contributed by atoms with Gasteiger partial charge in [0.15, 0.2) is 0 Å². The number of fused-ring (bicyclic) bond motifs is 2. The monoisotopic (exact) mass is 178 g/mol. The maximum atomic E-state index is 1.62. The van der Waals surface area contributed by atoms with E-state index < -0.39 is 0 Å². The first-order valence-electron chi connectivity index (χ1n) is 6.43. The van der Waals surface area contributed by atoms with E-state index in [-0.39, 0.29) is 0 Å². The van der Waals surface area contributed by atoms with Crippen LogP contribution >= 0.6 is 0 Å². The summed E-state index contributed by atoms with van der Waals surface area (Å²) in [6.07, 6.45) is 14.2. The Hall–Kier alpha value is 0. The molecular weight excluding hydrogens is 156 g/mol. The highest BCUT2D eigenvalue weighted by Gasteiger charge is 2.39. The summed E-state index contributed by atoms with van der Waals surface area (Å²) in [7, 11) is 0. The SMILES string of the molecule is C1CCC2CC3CCCC3CC2C1. The van der Waals surface area contributed by atoms with Crippen LogP contribution in [0.25, 0.3) is 0 Å². The van der Waals surface area contributed by atoms with Crippen LogP contribution in [0.15, 0.2) is 0 Å². The molecule has 0 N–H and O–H groups in total. The Morgan fingerprint density at radius 1 is 0.462 bits per heavy atom. The molecule has 3 aliphatic rings. The summed E-state index contributed by atoms with van der Waals surface area (Å²) in [5.41, 5.74) is 0. The van der Waals surface area contributed by atoms with Gasteiger partial charge >= 0.3 is 0 Å². The van der Waals surface area contributed by atoms with Crippen LogP contribution in [0, 0.1) is 23.7 Å². The Bertz CT molecular complexity index is 164. The molecule has 0 aliphatic heterocycles. The van der Waals surface area contributed by atoms with Crippen LogP contribution in [-0.2, 0) is 0 Å². The van der Waals surface area contributed by atoms with Crippen molar-refractivity contribution in [3.8, 4) is 0 Å². The molecule has 0 radical (unpaired) electrons. The van der Waals surface area contributed by atoms with Crippen LogP contribution in [0.3, 0.4) is 0 Å². The van der Waals surface area contributed by atoms with E-state index in [1.54, 1.807) is 57.8 Å². The Labute approximate surface area is 82.1 Å². The van der Waals surface area contributed by atoms with Gasteiger partial charge in [-0.3, -0.25) is 0 Å². The molecule has 74 valence electrons. The summed E-state index contributed by atoms with van der Waals surface area (Å²) in [5.74, 6) is 4.65. The van der Waals surface area contributed by atoms with Crippen molar-refractivity contribution in [2.24, 2.45) is 23.7 Å². The quantitative estimate of drug-likeness (QED) is 0.526. The lowest BCUT2D eigenvalue weighted by molar-refractivity contribution is 0.0942. The molecule has 0 nitrogen and oxygen atoms in total. The maximum absolute atomic E-state index is 1.62. The van der Waals surface area contributed by atoms with Gasteiger partial charge in [-0.2, -0.15) is 0 Å². The molecule has 0 heterocycles. The van der Waals surface area contributed by atoms with Gasteiger partial charge in [0.1, 0.15) is 0 Å². The Morgan fingerprint density at radius 3 is 1.31 bits per heavy atom. The van der Waals surface area contributed by atoms with Crippen LogP contribution in [0.2, 0.25) is 0 Å². The Balaban J connectivity index is 1.71. The third-order valence-electron chi connectivity index (χ3n) is 5.09. The summed E-state index contributed by atoms with van der Waals surface area (Å²) in [6, 6.07) is 0. The molecule has 0 saturated heterocycles. The van der Waals surface area contributed by atoms with Crippen molar-refractivity contribution < 1.29 is 0 Å². The molecule has 0 heteroatoms. The Morgan fingerprint density at radius 2 is 0.846 bits per heavy atom. The third kappa shape index (κ3) is 1.43. The van der Waals surface area contributed by atoms with Gasteiger partial charge in [-0.1, -0.05) is 44.9 Å². The van der Waals surface area contributed by atoms with Gasteiger partial charge in [0.2, 0.25) is 0 Å². The molecule has 0 aromatic rings. The molecule has 3 fully saturated rings. The smallest absolute Gasteiger partial charge is 0.0383 e. The van der Waals surface area contributed by atoms with E-state index in [0.717, 1.165) is 11.8 Å². The molecular formula is C13H22. The van der Waals surface area contributed by atoms with E-state index >= 15 is 0 Å². The van der Waals surface area contributed by atoms with E-state index in [9.17, 15) is 0 Å². The predicted molar refractivity (Wildman–Crippen MR) is 55.5 cm³/mol. The molecule has 0 aromatic heterocycles. The topological polar surface area (TPSA) is 0 Å². The fourth-order valence-corrected chi connectivity index (χ4v) is 4.42. The average molecular weight is 178 g/mol. The van der Waals surface area contributed by atoms with Crippen molar-refractivity contribution in [3.05, 3.63) is 0 Å². The fourth-order valence-electron chi connectivity index (χ4n) is 4.42. The minimum Gasteiger partial charge on any atom is -0.0530 e. The second-order valence-corrected chi connectivity index (χ2v) is 5.73. The molecule has 4 atom stereocenters. The van der Waals surface area contributed by atoms with Gasteiger partial charge in [-0.05, 0) is 36.5 Å². The third-order valence-corrected chi connectivity index (χ3v) is 5.09. The van der Waals surface area contributed by atoms with Crippen LogP contribution in [-0.4, -0.2) is 0 Å². The molecule has 0 bridgehead atoms. The lowest BCUT2D eigenvalue weighted by atomic mass is 9.64. The first kappa shape index (κ1) is 8.32. The zero-order chi connectivity index (χ0) is 8.67. The van der Waals surface area contributed by atoms with Gasteiger partial charge in [-0.15, -0.1) is 0 Å². The van der Waals surface area contributed by atoms with Crippen LogP contribution < -0.4 is 0 Å². The second-order valence-electron chi connectivity index (χ2n) is 5.73. The van der Waals surface area contributed by atoms with Gasteiger partial charge < -0.3 is 0 Å². The molecule has 0 spiro atoms. The summed E-state index contributed by atoms with van der Waals surface area (Å²) in [4.78, 5) is 0. The van der Waals surface area contributed by atoms with Gasteiger partial charge in [0, 0.05) is 0 Å². The van der Waals surface area contributed by atoms with E-state index in [2.05, 4.69) is 0 Å². The molecule has 0 amide bonds. The second kappa shape index (κ2) is 3.29. The normalized spacial score (nSPS) is 49.8. The first-order valence-corrected chi connectivity index (χ1v) is 6.43. The lowest BCUT2D eigenvalue weighted by Crippen LogP contribution is -2.31. The first-order chi connectivity index (χ1) is 6.43. The van der Waals surface area contributed by atoms with Crippen LogP contribution in [0.1, 0.15) is 57.8 Å². The molecule has 3 aliphatic carbocycles. The predicted octanol–water partition coefficient (Wildman–Crippen LogP) is 4.00. The average Bonchev–Trinajstić information content (AvgIpc) is 2.61. The molecule has 3 saturated carbocycles. The largest absolute Gasteiger partial charge is 0.0530 e. The summed E-state index contributed by atoms with van der Waals surface area (Å²) in [6.45, 7) is 0. The molecule has 4 unspecified atom stereocenters. The fraction of sp³-hybridized carbons (Fsp3) is 1.00. The van der Waals surface area contributed by atoms with Crippen molar-refractivity contribution in [1.29, 1.82) is 0 Å². The van der Waals surface area contributed by atoms with E-state index in [1.165, 1.54) is 11.8 Å². The highest BCUT2D eigenvalue weighted by molar-refractivity contribution is 4.90. The van der Waals surface area contributed by atoms with Gasteiger partial charge in [-0.25, -0.2) is 0 Å². The summed E-state index contributed by atoms with van der Waals surface area (Å²) < 4.78 is 0. The van der Waals surface area contributed by atoms with Crippen molar-refractivity contribution in [2.45, 2.75) is 57.8 Å². The van der Waals surface area contributed by atoms with E-state index in [1.807, 2.05) is 0 Å². The maximum Gasteiger partial charge on any atom is -0.0383 e. The van der Waals surface area contributed by atoms with Crippen molar-refractivity contribution in [1.82, 2.24) is 0 Å². The van der Waals surface area contributed by atoms with Gasteiger partial charge in [0.05, 0.1) is 0 Å². The van der Waals surface area contributed by atoms with Crippen LogP contribution in [0.4, 0.5) is 0 Å². The zero-order valence-corrected chi connectivity index (χ0v) is 8.67. The molecule has 13 heavy (non-hydrogen) atoms. The van der Waals surface area contributed by atoms with Crippen molar-refractivity contribution in [2.75, 3.05) is 0 Å². The van der Waals surface area contributed by atoms with E-state index in [4.69, 9.17) is 0 Å².